The molecule has 4 aromatic carbocycles. The molecule has 27 heteroatoms. The van der Waals surface area contributed by atoms with Crippen LogP contribution in [0.25, 0.3) is 0 Å². The molecule has 4 aromatic rings. The van der Waals surface area contributed by atoms with Crippen molar-refractivity contribution in [2.75, 3.05) is 24.9 Å². The Hall–Kier alpha value is -5.85. The van der Waals surface area contributed by atoms with Gasteiger partial charge in [-0.1, -0.05) is 12.1 Å². The van der Waals surface area contributed by atoms with Gasteiger partial charge in [0, 0.05) is 24.3 Å². The molecule has 0 saturated carbocycles. The molecule has 0 aliphatic carbocycles. The Balaban J connectivity index is 0.000000413. The Labute approximate surface area is 385 Å². The van der Waals surface area contributed by atoms with Gasteiger partial charge < -0.3 is 29.2 Å². The van der Waals surface area contributed by atoms with E-state index >= 15 is 0 Å². The summed E-state index contributed by atoms with van der Waals surface area (Å²) in [5, 5.41) is 41.7. The van der Waals surface area contributed by atoms with E-state index in [0.717, 1.165) is 24.3 Å². The van der Waals surface area contributed by atoms with Crippen LogP contribution in [-0.4, -0.2) is 122 Å². The van der Waals surface area contributed by atoms with Crippen LogP contribution in [0.3, 0.4) is 0 Å². The monoisotopic (exact) mass is 1010 g/mol. The van der Waals surface area contributed by atoms with E-state index in [0.29, 0.717) is 12.1 Å². The van der Waals surface area contributed by atoms with Crippen LogP contribution >= 0.6 is 0 Å². The number of anilines is 2. The van der Waals surface area contributed by atoms with Crippen molar-refractivity contribution in [3.8, 4) is 11.5 Å². The third-order valence-electron chi connectivity index (χ3n) is 7.17. The average Bonchev–Trinajstić information content (AvgIpc) is 3.15. The van der Waals surface area contributed by atoms with Gasteiger partial charge in [0.1, 0.15) is 77.4 Å². The Morgan fingerprint density at radius 1 is 0.590 bits per heavy atom. The van der Waals surface area contributed by atoms with Crippen LogP contribution in [0.4, 0.5) is 45.5 Å². The van der Waals surface area contributed by atoms with Crippen molar-refractivity contribution in [2.24, 2.45) is 20.5 Å². The molecule has 0 unspecified atom stereocenters. The maximum Gasteiger partial charge on any atom is 2.00 e. The zero-order valence-electron chi connectivity index (χ0n) is 32.1. The summed E-state index contributed by atoms with van der Waals surface area (Å²) in [4.78, 5) is 64.3. The molecule has 0 aromatic heterocycles. The minimum atomic E-state index is -5.09. The Morgan fingerprint density at radius 3 is 1.20 bits per heavy atom. The van der Waals surface area contributed by atoms with E-state index in [1.165, 1.54) is 64.5 Å². The first-order chi connectivity index (χ1) is 28.0. The quantitative estimate of drug-likeness (QED) is 0.0359. The standard InChI is InChI=1S/2C17H16N4O8S.Ba/c2*1-10(22)8-16(23)18-17-13(4-3-5-14(17)29-2)20-19-12-7-6-11(21(24)25)9-15(12)30(26,27)28;/h2*3-7,9H,8H2,1-2H3,(H,18,23)(H,26,27,28);/q;;+2/p-2. The molecule has 316 valence electrons. The maximum absolute atomic E-state index is 12.0. The summed E-state index contributed by atoms with van der Waals surface area (Å²) in [6.07, 6.45) is -0.787. The minimum absolute atomic E-state index is 0. The normalized spacial score (nSPS) is 11.1. The molecule has 61 heavy (non-hydrogen) atoms. The molecule has 0 aliphatic rings. The zero-order valence-corrected chi connectivity index (χ0v) is 38.2. The largest absolute Gasteiger partial charge is 2.00 e. The molecule has 0 atom stereocenters. The molecule has 0 bridgehead atoms. The SMILES string of the molecule is COc1cccc(N=Nc2ccc([N+](=O)[O-])cc2S(=O)(=O)[O-])c1NC(=O)CC(C)=O.COc1cccc(N=Nc2ccc([N+](=O)[O-])cc2S(=O)(=O)[O-])c1NC(=O)CC(C)=O.[Ba+2]. The van der Waals surface area contributed by atoms with Crippen molar-refractivity contribution in [1.29, 1.82) is 0 Å². The van der Waals surface area contributed by atoms with Crippen molar-refractivity contribution in [1.82, 2.24) is 0 Å². The summed E-state index contributed by atoms with van der Waals surface area (Å²) in [5.74, 6) is -1.65. The Kier molecular flexibility index (Phi) is 19.1. The molecular formula is C34H30BaN8O16S2. The fourth-order valence-corrected chi connectivity index (χ4v) is 5.89. The second kappa shape index (κ2) is 22.7. The molecule has 0 spiro atoms. The van der Waals surface area contributed by atoms with Crippen LogP contribution < -0.4 is 20.1 Å². The molecule has 24 nitrogen and oxygen atoms in total. The van der Waals surface area contributed by atoms with Gasteiger partial charge >= 0.3 is 48.9 Å². The van der Waals surface area contributed by atoms with Crippen molar-refractivity contribution >= 4 is 138 Å². The van der Waals surface area contributed by atoms with E-state index in [-0.39, 0.29) is 94.7 Å². The smallest absolute Gasteiger partial charge is 0.744 e. The fraction of sp³-hybridized carbons (Fsp3) is 0.176. The van der Waals surface area contributed by atoms with E-state index in [1.807, 2.05) is 0 Å². The number of benzene rings is 4. The van der Waals surface area contributed by atoms with E-state index in [1.54, 1.807) is 0 Å². The number of nitro benzene ring substituents is 2. The van der Waals surface area contributed by atoms with Gasteiger partial charge in [-0.15, -0.1) is 20.5 Å². The zero-order chi connectivity index (χ0) is 44.9. The number of carbonyl (C=O) groups excluding carboxylic acids is 4. The Morgan fingerprint density at radius 2 is 0.918 bits per heavy atom. The van der Waals surface area contributed by atoms with Gasteiger partial charge in [-0.3, -0.25) is 39.4 Å². The first kappa shape index (κ1) is 51.3. The van der Waals surface area contributed by atoms with Gasteiger partial charge in [0.2, 0.25) is 11.8 Å². The maximum atomic E-state index is 12.0. The summed E-state index contributed by atoms with van der Waals surface area (Å²) in [5.41, 5.74) is -1.91. The molecule has 2 N–H and O–H groups in total. The van der Waals surface area contributed by atoms with Gasteiger partial charge in [-0.05, 0) is 50.2 Å². The summed E-state index contributed by atoms with van der Waals surface area (Å²) in [7, 11) is -7.52. The number of nitrogens with one attached hydrogen (secondary N) is 2. The number of nitro groups is 2. The molecule has 0 aliphatic heterocycles. The van der Waals surface area contributed by atoms with E-state index in [4.69, 9.17) is 9.47 Å². The number of carbonyl (C=O) groups is 4. The number of nitrogens with zero attached hydrogens (tertiary/aromatic N) is 6. The van der Waals surface area contributed by atoms with Crippen molar-refractivity contribution in [3.05, 3.63) is 93.0 Å². The fourth-order valence-electron chi connectivity index (χ4n) is 4.63. The van der Waals surface area contributed by atoms with E-state index in [9.17, 15) is 65.3 Å². The van der Waals surface area contributed by atoms with Crippen molar-refractivity contribution < 1.29 is 64.4 Å². The van der Waals surface area contributed by atoms with Crippen LogP contribution in [0.2, 0.25) is 0 Å². The van der Waals surface area contributed by atoms with Crippen LogP contribution in [0, 0.1) is 20.2 Å². The number of hydrogen-bond acceptors (Lipinski definition) is 20. The molecule has 2 amide bonds. The van der Waals surface area contributed by atoms with Gasteiger partial charge in [-0.2, -0.15) is 0 Å². The summed E-state index contributed by atoms with van der Waals surface area (Å²) in [6, 6.07) is 13.8. The van der Waals surface area contributed by atoms with Crippen LogP contribution in [-0.2, 0) is 39.4 Å². The summed E-state index contributed by atoms with van der Waals surface area (Å²) < 4.78 is 79.1. The minimum Gasteiger partial charge on any atom is -0.744 e. The number of ether oxygens (including phenoxy) is 2. The second-order valence-corrected chi connectivity index (χ2v) is 14.4. The first-order valence-corrected chi connectivity index (χ1v) is 19.1. The molecule has 0 saturated heterocycles. The number of hydrogen-bond donors (Lipinski definition) is 2. The summed E-state index contributed by atoms with van der Waals surface area (Å²) >= 11 is 0. The molecule has 0 heterocycles. The van der Waals surface area contributed by atoms with Gasteiger partial charge in [0.15, 0.2) is 0 Å². The van der Waals surface area contributed by atoms with E-state index < -0.39 is 87.3 Å². The van der Waals surface area contributed by atoms with Crippen molar-refractivity contribution in [3.63, 3.8) is 0 Å². The number of amides is 2. The third-order valence-corrected chi connectivity index (χ3v) is 8.91. The van der Waals surface area contributed by atoms with Gasteiger partial charge in [0.25, 0.3) is 11.4 Å². The van der Waals surface area contributed by atoms with Crippen LogP contribution in [0.5, 0.6) is 11.5 Å². The number of Topliss-reactive ketones (excluding diaryl/α,β-unsaturated/α-hetero) is 2. The predicted molar refractivity (Wildman–Crippen MR) is 210 cm³/mol. The van der Waals surface area contributed by atoms with Gasteiger partial charge in [-0.25, -0.2) is 16.8 Å². The molecule has 4 rings (SSSR count). The molecular weight excluding hydrogens is 978 g/mol. The van der Waals surface area contributed by atoms with Gasteiger partial charge in [0.05, 0.1) is 46.7 Å². The number of ketones is 2. The molecule has 0 fully saturated rings. The summed E-state index contributed by atoms with van der Waals surface area (Å²) in [6.45, 7) is 2.48. The number of methoxy groups -OCH3 is 2. The topological polar surface area (TPSA) is 361 Å². The average molecular weight is 1010 g/mol. The molecule has 0 radical (unpaired) electrons. The third kappa shape index (κ3) is 15.3. The second-order valence-electron chi connectivity index (χ2n) is 11.7. The van der Waals surface area contributed by atoms with Crippen LogP contribution in [0.1, 0.15) is 26.7 Å². The van der Waals surface area contributed by atoms with E-state index in [2.05, 4.69) is 31.1 Å². The predicted octanol–water partition coefficient (Wildman–Crippen LogP) is 5.30. The van der Waals surface area contributed by atoms with Crippen molar-refractivity contribution in [2.45, 2.75) is 36.5 Å². The first-order valence-electron chi connectivity index (χ1n) is 16.3. The number of rotatable bonds is 16. The number of non-ortho nitro benzene ring substituents is 2. The van der Waals surface area contributed by atoms with Crippen LogP contribution in [0.15, 0.2) is 103 Å². The Bertz CT molecular complexity index is 2480. The number of para-hydroxylation sites is 2. The number of azo groups is 2.